The Kier molecular flexibility index (Phi) is 4.77. The molecule has 0 saturated carbocycles. The molecule has 1 aliphatic heterocycles. The van der Waals surface area contributed by atoms with Gasteiger partial charge in [0.1, 0.15) is 4.90 Å². The van der Waals surface area contributed by atoms with Crippen molar-refractivity contribution < 1.29 is 8.42 Å². The van der Waals surface area contributed by atoms with Crippen LogP contribution in [0.25, 0.3) is 0 Å². The molecule has 0 amide bonds. The molecule has 104 valence electrons. The van der Waals surface area contributed by atoms with Gasteiger partial charge in [-0.3, -0.25) is 4.68 Å². The van der Waals surface area contributed by atoms with Crippen molar-refractivity contribution in [3.05, 3.63) is 12.4 Å². The van der Waals surface area contributed by atoms with E-state index in [0.717, 1.165) is 0 Å². The molecule has 1 saturated heterocycles. The van der Waals surface area contributed by atoms with Crippen molar-refractivity contribution >= 4 is 22.4 Å². The van der Waals surface area contributed by atoms with Crippen LogP contribution in [-0.4, -0.2) is 47.7 Å². The number of rotatable bonds is 2. The topological polar surface area (TPSA) is 67.2 Å². The smallest absolute Gasteiger partial charge is 0.246 e. The van der Waals surface area contributed by atoms with Gasteiger partial charge in [-0.15, -0.1) is 12.4 Å². The van der Waals surface area contributed by atoms with Crippen molar-refractivity contribution in [3.63, 3.8) is 0 Å². The van der Waals surface area contributed by atoms with Crippen LogP contribution in [0.5, 0.6) is 0 Å². The highest BCUT2D eigenvalue weighted by atomic mass is 35.5. The molecule has 0 spiro atoms. The molecule has 2 heterocycles. The Bertz CT molecular complexity index is 502. The van der Waals surface area contributed by atoms with Gasteiger partial charge in [0.05, 0.1) is 6.20 Å². The van der Waals surface area contributed by atoms with Crippen LogP contribution in [0.3, 0.4) is 0 Å². The lowest BCUT2D eigenvalue weighted by Crippen LogP contribution is -2.56. The molecule has 0 aromatic carbocycles. The molecule has 8 heteroatoms. The highest BCUT2D eigenvalue weighted by Gasteiger charge is 2.34. The molecular formula is C10H19ClN4O2S. The maximum absolute atomic E-state index is 12.4. The zero-order valence-electron chi connectivity index (χ0n) is 10.7. The molecule has 1 aromatic rings. The molecule has 1 fully saturated rings. The van der Waals surface area contributed by atoms with Crippen LogP contribution in [0.4, 0.5) is 0 Å². The molecule has 1 N–H and O–H groups in total. The Morgan fingerprint density at radius 1 is 1.44 bits per heavy atom. The van der Waals surface area contributed by atoms with Crippen molar-refractivity contribution in [2.75, 3.05) is 13.1 Å². The number of sulfonamides is 1. The lowest BCUT2D eigenvalue weighted by Gasteiger charge is -2.37. The van der Waals surface area contributed by atoms with Crippen molar-refractivity contribution in [2.45, 2.75) is 30.8 Å². The van der Waals surface area contributed by atoms with Gasteiger partial charge in [0, 0.05) is 38.4 Å². The zero-order valence-corrected chi connectivity index (χ0v) is 12.3. The van der Waals surface area contributed by atoms with Crippen molar-refractivity contribution in [1.82, 2.24) is 19.4 Å². The molecule has 1 aromatic heterocycles. The second kappa shape index (κ2) is 5.56. The molecule has 6 nitrogen and oxygen atoms in total. The predicted molar refractivity (Wildman–Crippen MR) is 71.3 cm³/mol. The van der Waals surface area contributed by atoms with E-state index >= 15 is 0 Å². The monoisotopic (exact) mass is 294 g/mol. The second-order valence-electron chi connectivity index (χ2n) is 4.45. The fourth-order valence-corrected chi connectivity index (χ4v) is 3.72. The van der Waals surface area contributed by atoms with Crippen LogP contribution in [-0.2, 0) is 17.1 Å². The van der Waals surface area contributed by atoms with E-state index in [4.69, 9.17) is 0 Å². The number of piperazine rings is 1. The number of aromatic nitrogens is 2. The number of hydrogen-bond donors (Lipinski definition) is 1. The van der Waals surface area contributed by atoms with Gasteiger partial charge in [0.25, 0.3) is 0 Å². The quantitative estimate of drug-likeness (QED) is 0.847. The van der Waals surface area contributed by atoms with E-state index in [2.05, 4.69) is 10.4 Å². The third-order valence-electron chi connectivity index (χ3n) is 3.26. The molecule has 0 aliphatic carbocycles. The van der Waals surface area contributed by atoms with E-state index in [0.29, 0.717) is 13.1 Å². The summed E-state index contributed by atoms with van der Waals surface area (Å²) in [7, 11) is -1.70. The van der Waals surface area contributed by atoms with E-state index in [9.17, 15) is 8.42 Å². The van der Waals surface area contributed by atoms with Crippen molar-refractivity contribution in [2.24, 2.45) is 7.05 Å². The first kappa shape index (κ1) is 15.4. The minimum absolute atomic E-state index is 0. The predicted octanol–water partition coefficient (Wildman–Crippen LogP) is 0.213. The number of nitrogens with one attached hydrogen (secondary N) is 1. The first-order chi connectivity index (χ1) is 7.93. The summed E-state index contributed by atoms with van der Waals surface area (Å²) in [6.07, 6.45) is 2.93. The lowest BCUT2D eigenvalue weighted by atomic mass is 10.1. The Hall–Kier alpha value is -0.630. The summed E-state index contributed by atoms with van der Waals surface area (Å²) in [6, 6.07) is 0.115. The fourth-order valence-electron chi connectivity index (χ4n) is 2.03. The van der Waals surface area contributed by atoms with Gasteiger partial charge in [-0.25, -0.2) is 8.42 Å². The van der Waals surface area contributed by atoms with E-state index in [-0.39, 0.29) is 29.4 Å². The minimum Gasteiger partial charge on any atom is -0.311 e. The zero-order chi connectivity index (χ0) is 12.6. The van der Waals surface area contributed by atoms with Gasteiger partial charge >= 0.3 is 0 Å². The van der Waals surface area contributed by atoms with Crippen molar-refractivity contribution in [3.8, 4) is 0 Å². The minimum atomic E-state index is -3.41. The van der Waals surface area contributed by atoms with Crippen molar-refractivity contribution in [1.29, 1.82) is 0 Å². The number of halogens is 1. The molecule has 2 rings (SSSR count). The van der Waals surface area contributed by atoms with Crippen LogP contribution < -0.4 is 5.32 Å². The molecule has 2 atom stereocenters. The molecule has 18 heavy (non-hydrogen) atoms. The Morgan fingerprint density at radius 2 is 2.11 bits per heavy atom. The Balaban J connectivity index is 0.00000162. The highest BCUT2D eigenvalue weighted by molar-refractivity contribution is 7.89. The maximum Gasteiger partial charge on any atom is 0.246 e. The van der Waals surface area contributed by atoms with Crippen LogP contribution in [0, 0.1) is 0 Å². The normalized spacial score (nSPS) is 25.7. The summed E-state index contributed by atoms with van der Waals surface area (Å²) in [4.78, 5) is 0.265. The van der Waals surface area contributed by atoms with Gasteiger partial charge in [-0.1, -0.05) is 0 Å². The first-order valence-corrected chi connectivity index (χ1v) is 7.11. The van der Waals surface area contributed by atoms with E-state index in [1.807, 2.05) is 13.8 Å². The van der Waals surface area contributed by atoms with E-state index < -0.39 is 10.0 Å². The van der Waals surface area contributed by atoms with Gasteiger partial charge in [-0.05, 0) is 13.8 Å². The molecule has 0 bridgehead atoms. The van der Waals surface area contributed by atoms with Gasteiger partial charge in [0.15, 0.2) is 0 Å². The molecule has 2 unspecified atom stereocenters. The Morgan fingerprint density at radius 3 is 2.67 bits per heavy atom. The fraction of sp³-hybridized carbons (Fsp3) is 0.700. The summed E-state index contributed by atoms with van der Waals surface area (Å²) in [6.45, 7) is 5.11. The van der Waals surface area contributed by atoms with Crippen LogP contribution in [0.15, 0.2) is 17.3 Å². The van der Waals surface area contributed by atoms with Gasteiger partial charge in [0.2, 0.25) is 10.0 Å². The summed E-state index contributed by atoms with van der Waals surface area (Å²) < 4.78 is 27.9. The van der Waals surface area contributed by atoms with Crippen LogP contribution in [0.2, 0.25) is 0 Å². The summed E-state index contributed by atoms with van der Waals surface area (Å²) in [5.41, 5.74) is 0. The number of hydrogen-bond acceptors (Lipinski definition) is 4. The van der Waals surface area contributed by atoms with E-state index in [1.165, 1.54) is 17.1 Å². The first-order valence-electron chi connectivity index (χ1n) is 5.67. The van der Waals surface area contributed by atoms with E-state index in [1.54, 1.807) is 11.4 Å². The Labute approximate surface area is 114 Å². The SMILES string of the molecule is CC1NCCN(S(=O)(=O)c2cnn(C)c2)C1C.Cl. The maximum atomic E-state index is 12.4. The van der Waals surface area contributed by atoms with Gasteiger partial charge in [-0.2, -0.15) is 9.40 Å². The largest absolute Gasteiger partial charge is 0.311 e. The third kappa shape index (κ3) is 2.69. The third-order valence-corrected chi connectivity index (χ3v) is 5.20. The number of nitrogens with zero attached hydrogens (tertiary/aromatic N) is 3. The molecular weight excluding hydrogens is 276 g/mol. The average Bonchev–Trinajstić information content (AvgIpc) is 2.69. The second-order valence-corrected chi connectivity index (χ2v) is 6.34. The summed E-state index contributed by atoms with van der Waals surface area (Å²) in [5, 5.41) is 7.18. The lowest BCUT2D eigenvalue weighted by molar-refractivity contribution is 0.233. The molecule has 0 radical (unpaired) electrons. The highest BCUT2D eigenvalue weighted by Crippen LogP contribution is 2.20. The summed E-state index contributed by atoms with van der Waals surface area (Å²) >= 11 is 0. The number of aryl methyl sites for hydroxylation is 1. The van der Waals surface area contributed by atoms with Crippen LogP contribution in [0.1, 0.15) is 13.8 Å². The summed E-state index contributed by atoms with van der Waals surface area (Å²) in [5.74, 6) is 0. The van der Waals surface area contributed by atoms with Gasteiger partial charge < -0.3 is 5.32 Å². The standard InChI is InChI=1S/C10H18N4O2S.ClH/c1-8-9(2)14(5-4-11-8)17(15,16)10-6-12-13(3)7-10;/h6-9,11H,4-5H2,1-3H3;1H. The molecule has 1 aliphatic rings. The van der Waals surface area contributed by atoms with Crippen LogP contribution >= 0.6 is 12.4 Å². The average molecular weight is 295 g/mol.